The molecule has 7 heteroatoms. The zero-order valence-electron chi connectivity index (χ0n) is 12.4. The number of ether oxygens (including phenoxy) is 2. The van der Waals surface area contributed by atoms with Crippen LogP contribution in [0, 0.1) is 0 Å². The Morgan fingerprint density at radius 3 is 2.45 bits per heavy atom. The Labute approximate surface area is 129 Å². The minimum Gasteiger partial charge on any atom is -0.485 e. The maximum atomic E-state index is 12.5. The molecule has 1 amide bonds. The highest BCUT2D eigenvalue weighted by Gasteiger charge is 2.34. The molecule has 1 fully saturated rings. The number of amides is 1. The Morgan fingerprint density at radius 2 is 1.82 bits per heavy atom. The molecule has 2 heterocycles. The summed E-state index contributed by atoms with van der Waals surface area (Å²) in [7, 11) is -3.03. The Kier molecular flexibility index (Phi) is 3.99. The Bertz CT molecular complexity index is 664. The third-order valence-corrected chi connectivity index (χ3v) is 5.83. The van der Waals surface area contributed by atoms with Crippen LogP contribution in [0.3, 0.4) is 0 Å². The van der Waals surface area contributed by atoms with Crippen molar-refractivity contribution < 1.29 is 22.7 Å². The smallest absolute Gasteiger partial charge is 0.267 e. The minimum absolute atomic E-state index is 0.138. The number of benzene rings is 1. The van der Waals surface area contributed by atoms with E-state index in [9.17, 15) is 13.2 Å². The lowest BCUT2D eigenvalue weighted by Crippen LogP contribution is -2.50. The first-order valence-corrected chi connectivity index (χ1v) is 9.27. The molecule has 0 bridgehead atoms. The third-order valence-electron chi connectivity index (χ3n) is 4.14. The molecular weight excluding hydrogens is 306 g/mol. The van der Waals surface area contributed by atoms with Gasteiger partial charge in [-0.2, -0.15) is 0 Å². The summed E-state index contributed by atoms with van der Waals surface area (Å²) in [6, 6.07) is 7.24. The molecule has 0 radical (unpaired) electrons. The molecule has 0 aliphatic carbocycles. The lowest BCUT2D eigenvalue weighted by atomic mass is 10.1. The van der Waals surface area contributed by atoms with Gasteiger partial charge in [-0.3, -0.25) is 4.79 Å². The quantitative estimate of drug-likeness (QED) is 0.806. The lowest BCUT2D eigenvalue weighted by Gasteiger charge is -2.34. The average Bonchev–Trinajstić information content (AvgIpc) is 2.53. The van der Waals surface area contributed by atoms with Gasteiger partial charge in [-0.1, -0.05) is 12.1 Å². The van der Waals surface area contributed by atoms with Gasteiger partial charge in [0.25, 0.3) is 5.91 Å². The molecule has 2 aliphatic rings. The van der Waals surface area contributed by atoms with Crippen molar-refractivity contribution in [2.45, 2.75) is 24.2 Å². The Balaban J connectivity index is 1.62. The second-order valence-electron chi connectivity index (χ2n) is 5.72. The summed E-state index contributed by atoms with van der Waals surface area (Å²) in [5.41, 5.74) is 0. The first-order chi connectivity index (χ1) is 10.4. The maximum absolute atomic E-state index is 12.5. The number of fused-ring (bicyclic) bond motifs is 1. The first-order valence-electron chi connectivity index (χ1n) is 7.31. The number of likely N-dealkylation sites (tertiary alicyclic amines) is 1. The number of hydrogen-bond donors (Lipinski definition) is 0. The van der Waals surface area contributed by atoms with Gasteiger partial charge in [-0.25, -0.2) is 8.42 Å². The van der Waals surface area contributed by atoms with Crippen molar-refractivity contribution >= 4 is 15.7 Å². The number of piperidine rings is 1. The van der Waals surface area contributed by atoms with E-state index in [2.05, 4.69) is 0 Å². The molecule has 2 aliphatic heterocycles. The average molecular weight is 325 g/mol. The van der Waals surface area contributed by atoms with Gasteiger partial charge in [-0.15, -0.1) is 0 Å². The zero-order valence-corrected chi connectivity index (χ0v) is 13.2. The number of para-hydroxylation sites is 2. The van der Waals surface area contributed by atoms with E-state index in [0.717, 1.165) is 0 Å². The van der Waals surface area contributed by atoms with Gasteiger partial charge in [-0.05, 0) is 25.0 Å². The van der Waals surface area contributed by atoms with Gasteiger partial charge in [0.05, 0.1) is 5.25 Å². The van der Waals surface area contributed by atoms with E-state index in [4.69, 9.17) is 9.47 Å². The molecule has 0 aromatic heterocycles. The van der Waals surface area contributed by atoms with E-state index in [0.29, 0.717) is 37.4 Å². The molecule has 0 unspecified atom stereocenters. The SMILES string of the molecule is CS(=O)(=O)C1CCN(C(=O)[C@H]2COc3ccccc3O2)CC1. The van der Waals surface area contributed by atoms with Crippen molar-refractivity contribution in [2.75, 3.05) is 26.0 Å². The van der Waals surface area contributed by atoms with E-state index in [1.807, 2.05) is 12.1 Å². The number of nitrogens with zero attached hydrogens (tertiary/aromatic N) is 1. The molecule has 1 saturated heterocycles. The predicted molar refractivity (Wildman–Crippen MR) is 80.8 cm³/mol. The summed E-state index contributed by atoms with van der Waals surface area (Å²) >= 11 is 0. The van der Waals surface area contributed by atoms with E-state index < -0.39 is 15.9 Å². The van der Waals surface area contributed by atoms with Crippen LogP contribution in [0.4, 0.5) is 0 Å². The molecule has 1 aromatic rings. The summed E-state index contributed by atoms with van der Waals surface area (Å²) in [5, 5.41) is -0.346. The van der Waals surface area contributed by atoms with Crippen LogP contribution in [-0.4, -0.2) is 56.5 Å². The number of sulfone groups is 1. The van der Waals surface area contributed by atoms with Crippen LogP contribution < -0.4 is 9.47 Å². The van der Waals surface area contributed by atoms with E-state index in [-0.39, 0.29) is 17.8 Å². The number of hydrogen-bond acceptors (Lipinski definition) is 5. The summed E-state index contributed by atoms with van der Waals surface area (Å²) in [6.45, 7) is 1.07. The maximum Gasteiger partial charge on any atom is 0.267 e. The van der Waals surface area contributed by atoms with Crippen LogP contribution >= 0.6 is 0 Å². The molecule has 1 atom stereocenters. The second kappa shape index (κ2) is 5.79. The van der Waals surface area contributed by atoms with Crippen LogP contribution in [0.1, 0.15) is 12.8 Å². The fourth-order valence-corrected chi connectivity index (χ4v) is 3.92. The molecule has 0 spiro atoms. The number of carbonyl (C=O) groups is 1. The van der Waals surface area contributed by atoms with Crippen LogP contribution in [0.5, 0.6) is 11.5 Å². The fourth-order valence-electron chi connectivity index (χ4n) is 2.85. The third kappa shape index (κ3) is 3.04. The lowest BCUT2D eigenvalue weighted by molar-refractivity contribution is -0.142. The number of carbonyl (C=O) groups excluding carboxylic acids is 1. The van der Waals surface area contributed by atoms with Gasteiger partial charge in [0.1, 0.15) is 16.4 Å². The van der Waals surface area contributed by atoms with Gasteiger partial charge in [0.15, 0.2) is 11.5 Å². The number of rotatable bonds is 2. The van der Waals surface area contributed by atoms with Crippen molar-refractivity contribution in [1.29, 1.82) is 0 Å². The van der Waals surface area contributed by atoms with Crippen LogP contribution in [0.15, 0.2) is 24.3 Å². The second-order valence-corrected chi connectivity index (χ2v) is 8.04. The summed E-state index contributed by atoms with van der Waals surface area (Å²) in [4.78, 5) is 14.2. The standard InChI is InChI=1S/C15H19NO5S/c1-22(18,19)11-6-8-16(9-7-11)15(17)14-10-20-12-4-2-3-5-13(12)21-14/h2-5,11,14H,6-10H2,1H3/t14-/m1/s1. The monoisotopic (exact) mass is 325 g/mol. The summed E-state index contributed by atoms with van der Waals surface area (Å²) in [5.74, 6) is 1.07. The summed E-state index contributed by atoms with van der Waals surface area (Å²) in [6.07, 6.45) is 1.55. The van der Waals surface area contributed by atoms with E-state index >= 15 is 0 Å². The molecule has 1 aromatic carbocycles. The Hall–Kier alpha value is -1.76. The molecule has 6 nitrogen and oxygen atoms in total. The van der Waals surface area contributed by atoms with Crippen molar-refractivity contribution in [3.05, 3.63) is 24.3 Å². The highest BCUT2D eigenvalue weighted by molar-refractivity contribution is 7.91. The molecule has 120 valence electrons. The van der Waals surface area contributed by atoms with Crippen molar-refractivity contribution in [1.82, 2.24) is 4.90 Å². The molecule has 0 N–H and O–H groups in total. The van der Waals surface area contributed by atoms with Crippen molar-refractivity contribution in [3.8, 4) is 11.5 Å². The van der Waals surface area contributed by atoms with Gasteiger partial charge in [0.2, 0.25) is 6.10 Å². The largest absolute Gasteiger partial charge is 0.485 e. The van der Waals surface area contributed by atoms with E-state index in [1.54, 1.807) is 17.0 Å². The fraction of sp³-hybridized carbons (Fsp3) is 0.533. The van der Waals surface area contributed by atoms with Crippen LogP contribution in [0.2, 0.25) is 0 Å². The normalized spacial score (nSPS) is 22.4. The zero-order chi connectivity index (χ0) is 15.7. The van der Waals surface area contributed by atoms with Gasteiger partial charge in [0, 0.05) is 19.3 Å². The van der Waals surface area contributed by atoms with Gasteiger partial charge < -0.3 is 14.4 Å². The van der Waals surface area contributed by atoms with Crippen LogP contribution in [0.25, 0.3) is 0 Å². The minimum atomic E-state index is -3.03. The highest BCUT2D eigenvalue weighted by atomic mass is 32.2. The topological polar surface area (TPSA) is 72.9 Å². The summed E-state index contributed by atoms with van der Waals surface area (Å²) < 4.78 is 34.4. The van der Waals surface area contributed by atoms with Gasteiger partial charge >= 0.3 is 0 Å². The highest BCUT2D eigenvalue weighted by Crippen LogP contribution is 2.31. The molecule has 3 rings (SSSR count). The predicted octanol–water partition coefficient (Wildman–Crippen LogP) is 0.862. The molecule has 0 saturated carbocycles. The first kappa shape index (κ1) is 15.1. The van der Waals surface area contributed by atoms with Crippen molar-refractivity contribution in [3.63, 3.8) is 0 Å². The molecular formula is C15H19NO5S. The Morgan fingerprint density at radius 1 is 1.18 bits per heavy atom. The van der Waals surface area contributed by atoms with Crippen LogP contribution in [-0.2, 0) is 14.6 Å². The van der Waals surface area contributed by atoms with Crippen molar-refractivity contribution in [2.24, 2.45) is 0 Å². The molecule has 22 heavy (non-hydrogen) atoms. The van der Waals surface area contributed by atoms with E-state index in [1.165, 1.54) is 6.26 Å².